The van der Waals surface area contributed by atoms with E-state index in [4.69, 9.17) is 0 Å². The zero-order valence-electron chi connectivity index (χ0n) is 6.10. The number of rotatable bonds is 6. The van der Waals surface area contributed by atoms with Crippen molar-refractivity contribution in [2.45, 2.75) is 26.2 Å². The van der Waals surface area contributed by atoms with Crippen LogP contribution in [0.1, 0.15) is 26.2 Å². The van der Waals surface area contributed by atoms with Crippen molar-refractivity contribution in [1.82, 2.24) is 0 Å². The van der Waals surface area contributed by atoms with Crippen molar-refractivity contribution >= 4 is 24.4 Å². The van der Waals surface area contributed by atoms with Crippen molar-refractivity contribution in [2.75, 3.05) is 17.3 Å². The lowest BCUT2D eigenvalue weighted by Gasteiger charge is -1.96. The van der Waals surface area contributed by atoms with E-state index < -0.39 is 0 Å². The van der Waals surface area contributed by atoms with Gasteiger partial charge < -0.3 is 0 Å². The van der Waals surface area contributed by atoms with Crippen molar-refractivity contribution in [2.24, 2.45) is 0 Å². The predicted octanol–water partition coefficient (Wildman–Crippen LogP) is 2.84. The molecule has 0 aromatic heterocycles. The molecule has 0 rings (SSSR count). The molecule has 0 aliphatic heterocycles. The molecule has 0 saturated heterocycles. The van der Waals surface area contributed by atoms with E-state index in [1.165, 1.54) is 30.8 Å². The van der Waals surface area contributed by atoms with Crippen LogP contribution in [0.15, 0.2) is 0 Å². The molecule has 0 spiro atoms. The third kappa shape index (κ3) is 8.70. The lowest BCUT2D eigenvalue weighted by molar-refractivity contribution is 0.779. The van der Waals surface area contributed by atoms with Crippen LogP contribution >= 0.6 is 24.4 Å². The minimum Gasteiger partial charge on any atom is -0.179 e. The van der Waals surface area contributed by atoms with Gasteiger partial charge in [0.05, 0.1) is 0 Å². The summed E-state index contributed by atoms with van der Waals surface area (Å²) in [6.07, 6.45) is 4.11. The molecule has 0 bridgehead atoms. The van der Waals surface area contributed by atoms with Crippen molar-refractivity contribution < 1.29 is 0 Å². The molecule has 0 nitrogen and oxygen atoms in total. The van der Waals surface area contributed by atoms with E-state index >= 15 is 0 Å². The van der Waals surface area contributed by atoms with Crippen LogP contribution < -0.4 is 0 Å². The van der Waals surface area contributed by atoms with Crippen LogP contribution in [0, 0.1) is 0 Å². The summed E-state index contributed by atoms with van der Waals surface area (Å²) in [6.45, 7) is 2.24. The monoisotopic (exact) mass is 164 g/mol. The van der Waals surface area contributed by atoms with Crippen molar-refractivity contribution in [3.8, 4) is 0 Å². The van der Waals surface area contributed by atoms with E-state index in [2.05, 4.69) is 19.6 Å². The molecule has 0 radical (unpaired) electrons. The van der Waals surface area contributed by atoms with E-state index in [0.717, 1.165) is 5.75 Å². The van der Waals surface area contributed by atoms with Crippen LogP contribution in [0.5, 0.6) is 0 Å². The van der Waals surface area contributed by atoms with Crippen molar-refractivity contribution in [1.29, 1.82) is 0 Å². The van der Waals surface area contributed by atoms with Crippen molar-refractivity contribution in [3.05, 3.63) is 0 Å². The standard InChI is InChI=1S/C7H16S2/c1-2-3-4-6-9-7-5-8/h8H,2-7H2,1H3. The maximum absolute atomic E-state index is 4.12. The average Bonchev–Trinajstić information content (AvgIpc) is 1.89. The Balaban J connectivity index is 2.60. The summed E-state index contributed by atoms with van der Waals surface area (Å²) < 4.78 is 0. The number of thiol groups is 1. The highest BCUT2D eigenvalue weighted by molar-refractivity contribution is 7.99. The molecular formula is C7H16S2. The molecule has 0 saturated carbocycles. The molecule has 56 valence electrons. The molecule has 9 heavy (non-hydrogen) atoms. The number of thioether (sulfide) groups is 1. The summed E-state index contributed by atoms with van der Waals surface area (Å²) in [4.78, 5) is 0. The Morgan fingerprint density at radius 3 is 2.56 bits per heavy atom. The fourth-order valence-corrected chi connectivity index (χ4v) is 1.75. The Morgan fingerprint density at radius 1 is 1.22 bits per heavy atom. The van der Waals surface area contributed by atoms with Gasteiger partial charge in [0.15, 0.2) is 0 Å². The van der Waals surface area contributed by atoms with Gasteiger partial charge in [-0.05, 0) is 17.9 Å². The third-order valence-electron chi connectivity index (χ3n) is 1.13. The van der Waals surface area contributed by atoms with Crippen molar-refractivity contribution in [3.63, 3.8) is 0 Å². The fourth-order valence-electron chi connectivity index (χ4n) is 0.621. The summed E-state index contributed by atoms with van der Waals surface area (Å²) in [5.41, 5.74) is 0. The highest BCUT2D eigenvalue weighted by Crippen LogP contribution is 2.05. The normalized spacial score (nSPS) is 10.0. The van der Waals surface area contributed by atoms with Gasteiger partial charge in [0.25, 0.3) is 0 Å². The molecular weight excluding hydrogens is 148 g/mol. The highest BCUT2D eigenvalue weighted by atomic mass is 32.2. The first-order chi connectivity index (χ1) is 4.41. The maximum Gasteiger partial charge on any atom is 0.00210 e. The number of hydrogen-bond acceptors (Lipinski definition) is 2. The van der Waals surface area contributed by atoms with Gasteiger partial charge in [0.2, 0.25) is 0 Å². The lowest BCUT2D eigenvalue weighted by atomic mass is 10.3. The fraction of sp³-hybridized carbons (Fsp3) is 1.00. The van der Waals surface area contributed by atoms with Gasteiger partial charge >= 0.3 is 0 Å². The Kier molecular flexibility index (Phi) is 9.38. The first kappa shape index (κ1) is 9.70. The molecule has 0 aliphatic carbocycles. The van der Waals surface area contributed by atoms with E-state index in [1.54, 1.807) is 0 Å². The van der Waals surface area contributed by atoms with E-state index in [9.17, 15) is 0 Å². The second-order valence-electron chi connectivity index (χ2n) is 2.04. The van der Waals surface area contributed by atoms with Gasteiger partial charge in [-0.15, -0.1) is 0 Å². The van der Waals surface area contributed by atoms with Crippen LogP contribution in [-0.2, 0) is 0 Å². The number of hydrogen-bond donors (Lipinski definition) is 1. The molecule has 0 fully saturated rings. The molecule has 0 aromatic rings. The Labute approximate surface area is 68.2 Å². The van der Waals surface area contributed by atoms with Gasteiger partial charge in [-0.2, -0.15) is 24.4 Å². The topological polar surface area (TPSA) is 0 Å². The van der Waals surface area contributed by atoms with Crippen LogP contribution in [-0.4, -0.2) is 17.3 Å². The summed E-state index contributed by atoms with van der Waals surface area (Å²) >= 11 is 6.14. The minimum atomic E-state index is 1.02. The SMILES string of the molecule is CCCCCSCCS. The first-order valence-corrected chi connectivity index (χ1v) is 5.39. The van der Waals surface area contributed by atoms with Crippen LogP contribution in [0.2, 0.25) is 0 Å². The van der Waals surface area contributed by atoms with E-state index in [1.807, 2.05) is 11.8 Å². The second kappa shape index (κ2) is 8.70. The summed E-state index contributed by atoms with van der Waals surface area (Å²) in [5.74, 6) is 3.57. The molecule has 0 heterocycles. The quantitative estimate of drug-likeness (QED) is 0.465. The third-order valence-corrected chi connectivity index (χ3v) is 2.72. The molecule has 0 atom stereocenters. The maximum atomic E-state index is 4.12. The van der Waals surface area contributed by atoms with Crippen LogP contribution in [0.3, 0.4) is 0 Å². The molecule has 2 heteroatoms. The summed E-state index contributed by atoms with van der Waals surface area (Å²) in [5, 5.41) is 0. The van der Waals surface area contributed by atoms with Gasteiger partial charge in [0.1, 0.15) is 0 Å². The Morgan fingerprint density at radius 2 is 2.00 bits per heavy atom. The minimum absolute atomic E-state index is 1.02. The highest BCUT2D eigenvalue weighted by Gasteiger charge is 1.85. The Bertz CT molecular complexity index is 40.2. The summed E-state index contributed by atoms with van der Waals surface area (Å²) in [6, 6.07) is 0. The molecule has 0 aliphatic rings. The van der Waals surface area contributed by atoms with Gasteiger partial charge in [0, 0.05) is 5.75 Å². The lowest BCUT2D eigenvalue weighted by Crippen LogP contribution is -1.83. The molecule has 0 amide bonds. The number of unbranched alkanes of at least 4 members (excludes halogenated alkanes) is 2. The van der Waals surface area contributed by atoms with Gasteiger partial charge in [-0.1, -0.05) is 19.8 Å². The van der Waals surface area contributed by atoms with Crippen LogP contribution in [0.4, 0.5) is 0 Å². The zero-order chi connectivity index (χ0) is 6.95. The average molecular weight is 164 g/mol. The smallest absolute Gasteiger partial charge is 0.00210 e. The van der Waals surface area contributed by atoms with E-state index in [0.29, 0.717) is 0 Å². The van der Waals surface area contributed by atoms with E-state index in [-0.39, 0.29) is 0 Å². The molecule has 0 unspecified atom stereocenters. The predicted molar refractivity (Wildman–Crippen MR) is 50.7 cm³/mol. The second-order valence-corrected chi connectivity index (χ2v) is 3.72. The van der Waals surface area contributed by atoms with Crippen LogP contribution in [0.25, 0.3) is 0 Å². The largest absolute Gasteiger partial charge is 0.179 e. The molecule has 0 aromatic carbocycles. The summed E-state index contributed by atoms with van der Waals surface area (Å²) in [7, 11) is 0. The Hall–Kier alpha value is 0.700. The zero-order valence-corrected chi connectivity index (χ0v) is 7.81. The first-order valence-electron chi connectivity index (χ1n) is 3.60. The van der Waals surface area contributed by atoms with Gasteiger partial charge in [-0.25, -0.2) is 0 Å². The molecule has 0 N–H and O–H groups in total. The van der Waals surface area contributed by atoms with Gasteiger partial charge in [-0.3, -0.25) is 0 Å².